The van der Waals surface area contributed by atoms with E-state index in [0.717, 1.165) is 11.1 Å². The van der Waals surface area contributed by atoms with Gasteiger partial charge in [0.25, 0.3) is 5.56 Å². The number of halogens is 1. The predicted octanol–water partition coefficient (Wildman–Crippen LogP) is 2.91. The molecule has 130 valence electrons. The quantitative estimate of drug-likeness (QED) is 0.904. The van der Waals surface area contributed by atoms with Crippen molar-refractivity contribution in [3.8, 4) is 0 Å². The Labute approximate surface area is 148 Å². The normalized spacial score (nSPS) is 26.3. The lowest BCUT2D eigenvalue weighted by Gasteiger charge is -2.18. The summed E-state index contributed by atoms with van der Waals surface area (Å²) < 4.78 is 14.6. The van der Waals surface area contributed by atoms with Crippen molar-refractivity contribution in [2.45, 2.75) is 25.3 Å². The van der Waals surface area contributed by atoms with Crippen LogP contribution in [0.4, 0.5) is 4.39 Å². The van der Waals surface area contributed by atoms with E-state index in [2.05, 4.69) is 4.98 Å². The van der Waals surface area contributed by atoms with Crippen LogP contribution in [0.2, 0.25) is 0 Å². The van der Waals surface area contributed by atoms with Crippen molar-refractivity contribution in [1.82, 2.24) is 9.55 Å². The van der Waals surface area contributed by atoms with Gasteiger partial charge in [-0.3, -0.25) is 14.2 Å². The first-order valence-electron chi connectivity index (χ1n) is 8.54. The molecule has 0 amide bonds. The van der Waals surface area contributed by atoms with Crippen LogP contribution in [0.1, 0.15) is 41.5 Å². The molecule has 1 fully saturated rings. The maximum atomic E-state index is 13.1. The number of benzene rings is 1. The Morgan fingerprint density at radius 3 is 2.81 bits per heavy atom. The summed E-state index contributed by atoms with van der Waals surface area (Å²) in [5.41, 5.74) is 2.05. The van der Waals surface area contributed by atoms with Crippen molar-refractivity contribution >= 4 is 23.7 Å². The molecule has 2 heterocycles. The number of hydrogen-bond acceptors (Lipinski definition) is 3. The van der Waals surface area contributed by atoms with Crippen LogP contribution < -0.4 is 5.56 Å². The zero-order valence-electron chi connectivity index (χ0n) is 13.8. The topological polar surface area (TPSA) is 72.2 Å². The number of allylic oxidation sites excluding steroid dienone is 1. The molecule has 0 saturated heterocycles. The van der Waals surface area contributed by atoms with Crippen molar-refractivity contribution in [1.29, 1.82) is 0 Å². The van der Waals surface area contributed by atoms with E-state index in [1.807, 2.05) is 6.08 Å². The number of carboxylic acids is 1. The second-order valence-corrected chi connectivity index (χ2v) is 7.09. The minimum Gasteiger partial charge on any atom is -0.481 e. The minimum absolute atomic E-state index is 0.134. The first kappa shape index (κ1) is 15.3. The Kier molecular flexibility index (Phi) is 2.93. The van der Waals surface area contributed by atoms with E-state index >= 15 is 0 Å². The molecule has 1 aromatic carbocycles. The number of hydrogen-bond donors (Lipinski definition) is 1. The number of carboxylic acid groups (broad SMARTS) is 1. The van der Waals surface area contributed by atoms with Crippen LogP contribution >= 0.6 is 0 Å². The number of aromatic nitrogens is 2. The largest absolute Gasteiger partial charge is 0.481 e. The van der Waals surface area contributed by atoms with E-state index in [-0.39, 0.29) is 17.4 Å². The number of fused-ring (bicyclic) bond motifs is 4. The van der Waals surface area contributed by atoms with Crippen molar-refractivity contribution in [2.75, 3.05) is 0 Å². The molecule has 3 aliphatic rings. The van der Waals surface area contributed by atoms with Gasteiger partial charge in [0.1, 0.15) is 17.1 Å². The van der Waals surface area contributed by atoms with E-state index in [0.29, 0.717) is 36.3 Å². The maximum Gasteiger partial charge on any atom is 0.315 e. The highest BCUT2D eigenvalue weighted by atomic mass is 19.1. The molecule has 0 radical (unpaired) electrons. The second-order valence-electron chi connectivity index (χ2n) is 7.09. The minimum atomic E-state index is -0.946. The average molecular weight is 350 g/mol. The third kappa shape index (κ3) is 1.98. The van der Waals surface area contributed by atoms with Crippen molar-refractivity contribution < 1.29 is 14.3 Å². The highest BCUT2D eigenvalue weighted by molar-refractivity contribution is 5.86. The third-order valence-electron chi connectivity index (χ3n) is 5.60. The van der Waals surface area contributed by atoms with Gasteiger partial charge in [-0.2, -0.15) is 0 Å². The SMILES string of the molecule is O=C(O)C12C=Cc3nc4c(c(=O)n3C1C2)CCC4=Cc1ccc(F)cc1. The zero-order chi connectivity index (χ0) is 18.1. The monoisotopic (exact) mass is 350 g/mol. The molecule has 1 N–H and O–H groups in total. The van der Waals surface area contributed by atoms with E-state index in [1.165, 1.54) is 12.1 Å². The number of rotatable bonds is 2. The molecular formula is C20H15FN2O3. The molecule has 0 bridgehead atoms. The van der Waals surface area contributed by atoms with Crippen molar-refractivity contribution in [2.24, 2.45) is 5.41 Å². The van der Waals surface area contributed by atoms with Crippen LogP contribution in [0, 0.1) is 11.2 Å². The molecule has 0 spiro atoms. The highest BCUT2D eigenvalue weighted by Gasteiger charge is 2.62. The summed E-state index contributed by atoms with van der Waals surface area (Å²) in [6.45, 7) is 0. The molecule has 1 aromatic heterocycles. The Hall–Kier alpha value is -3.02. The summed E-state index contributed by atoms with van der Waals surface area (Å²) >= 11 is 0. The van der Waals surface area contributed by atoms with Crippen molar-refractivity contribution in [3.05, 3.63) is 69.2 Å². The first-order chi connectivity index (χ1) is 12.5. The third-order valence-corrected chi connectivity index (χ3v) is 5.60. The Bertz CT molecular complexity index is 1080. The Morgan fingerprint density at radius 2 is 2.08 bits per heavy atom. The lowest BCUT2D eigenvalue weighted by molar-refractivity contribution is -0.141. The van der Waals surface area contributed by atoms with Gasteiger partial charge in [0.2, 0.25) is 0 Å². The number of nitrogens with zero attached hydrogens (tertiary/aromatic N) is 2. The standard InChI is InChI=1S/C20H15FN2O3/c21-13-4-1-11(2-5-13)9-12-3-6-14-17(12)22-16-7-8-20(19(25)26)10-15(20)23(16)18(14)24/h1-2,4-5,7-9,15H,3,6,10H2,(H,25,26). The molecule has 1 saturated carbocycles. The summed E-state index contributed by atoms with van der Waals surface area (Å²) in [4.78, 5) is 29.2. The van der Waals surface area contributed by atoms with Gasteiger partial charge in [0, 0.05) is 5.56 Å². The number of aliphatic carboxylic acids is 1. The molecule has 2 aliphatic carbocycles. The fourth-order valence-electron chi connectivity index (χ4n) is 4.06. The fourth-order valence-corrected chi connectivity index (χ4v) is 4.06. The van der Waals surface area contributed by atoms with Gasteiger partial charge >= 0.3 is 5.97 Å². The average Bonchev–Trinajstić information content (AvgIpc) is 3.26. The van der Waals surface area contributed by atoms with Gasteiger partial charge in [-0.25, -0.2) is 9.37 Å². The molecule has 2 unspecified atom stereocenters. The second kappa shape index (κ2) is 5.00. The van der Waals surface area contributed by atoms with Crippen LogP contribution in [-0.2, 0) is 11.2 Å². The maximum absolute atomic E-state index is 13.1. The smallest absolute Gasteiger partial charge is 0.315 e. The van der Waals surface area contributed by atoms with Crippen molar-refractivity contribution in [3.63, 3.8) is 0 Å². The molecule has 26 heavy (non-hydrogen) atoms. The lowest BCUT2D eigenvalue weighted by atomic mass is 10.0. The first-order valence-corrected chi connectivity index (χ1v) is 8.54. The lowest BCUT2D eigenvalue weighted by Crippen LogP contribution is -2.31. The molecule has 2 aromatic rings. The predicted molar refractivity (Wildman–Crippen MR) is 93.8 cm³/mol. The molecule has 1 aliphatic heterocycles. The number of carbonyl (C=O) groups is 1. The molecule has 2 atom stereocenters. The van der Waals surface area contributed by atoms with Crippen LogP contribution in [0.15, 0.2) is 35.1 Å². The summed E-state index contributed by atoms with van der Waals surface area (Å²) in [6.07, 6.45) is 6.95. The van der Waals surface area contributed by atoms with Gasteiger partial charge in [-0.1, -0.05) is 18.2 Å². The Morgan fingerprint density at radius 1 is 1.31 bits per heavy atom. The highest BCUT2D eigenvalue weighted by Crippen LogP contribution is 2.59. The zero-order valence-corrected chi connectivity index (χ0v) is 13.8. The molecule has 5 nitrogen and oxygen atoms in total. The van der Waals surface area contributed by atoms with Gasteiger partial charge in [0.05, 0.1) is 11.7 Å². The summed E-state index contributed by atoms with van der Waals surface area (Å²) in [5, 5.41) is 9.45. The van der Waals surface area contributed by atoms with Gasteiger partial charge in [-0.15, -0.1) is 0 Å². The van der Waals surface area contributed by atoms with Crippen LogP contribution in [0.5, 0.6) is 0 Å². The van der Waals surface area contributed by atoms with E-state index in [1.54, 1.807) is 28.9 Å². The van der Waals surface area contributed by atoms with Crippen LogP contribution in [-0.4, -0.2) is 20.6 Å². The van der Waals surface area contributed by atoms with Gasteiger partial charge in [0.15, 0.2) is 0 Å². The Balaban J connectivity index is 1.61. The van der Waals surface area contributed by atoms with Crippen LogP contribution in [0.25, 0.3) is 17.7 Å². The van der Waals surface area contributed by atoms with E-state index < -0.39 is 11.4 Å². The van der Waals surface area contributed by atoms with Gasteiger partial charge in [-0.05, 0) is 54.7 Å². The molecule has 6 heteroatoms. The summed E-state index contributed by atoms with van der Waals surface area (Å²) in [6, 6.07) is 5.85. The summed E-state index contributed by atoms with van der Waals surface area (Å²) in [5.74, 6) is -0.672. The van der Waals surface area contributed by atoms with E-state index in [9.17, 15) is 19.1 Å². The summed E-state index contributed by atoms with van der Waals surface area (Å²) in [7, 11) is 0. The molecular weight excluding hydrogens is 335 g/mol. The van der Waals surface area contributed by atoms with Crippen LogP contribution in [0.3, 0.4) is 0 Å². The fraction of sp³-hybridized carbons (Fsp3) is 0.250. The molecule has 5 rings (SSSR count). The van der Waals surface area contributed by atoms with E-state index in [4.69, 9.17) is 0 Å². The van der Waals surface area contributed by atoms with Gasteiger partial charge < -0.3 is 5.11 Å².